The molecule has 8 rings (SSSR count). The van der Waals surface area contributed by atoms with Crippen LogP contribution in [0.3, 0.4) is 0 Å². The number of rotatable bonds is 6. The number of hydrogen-bond donors (Lipinski definition) is 8. The molecule has 2 heterocycles. The molecule has 0 aromatic heterocycles. The molecule has 1 fully saturated rings. The Labute approximate surface area is 297 Å². The first kappa shape index (κ1) is 32.7. The number of aromatic hydroxyl groups is 8. The van der Waals surface area contributed by atoms with Crippen LogP contribution in [0.15, 0.2) is 121 Å². The van der Waals surface area contributed by atoms with Crippen LogP contribution in [0.2, 0.25) is 0 Å². The lowest BCUT2D eigenvalue weighted by Crippen LogP contribution is -2.17. The maximum atomic E-state index is 11.4. The van der Waals surface area contributed by atoms with E-state index in [0.717, 1.165) is 0 Å². The zero-order valence-electron chi connectivity index (χ0n) is 27.4. The van der Waals surface area contributed by atoms with Gasteiger partial charge in [-0.25, -0.2) is 0 Å². The van der Waals surface area contributed by atoms with E-state index >= 15 is 0 Å². The molecule has 6 aromatic rings. The van der Waals surface area contributed by atoms with Gasteiger partial charge < -0.3 is 50.3 Å². The fraction of sp³-hybridized carbons (Fsp3) is 0.143. The minimum atomic E-state index is -0.745. The average Bonchev–Trinajstić information content (AvgIpc) is 3.68. The fourth-order valence-electron chi connectivity index (χ4n) is 7.91. The monoisotopic (exact) mass is 698 g/mol. The van der Waals surface area contributed by atoms with Crippen molar-refractivity contribution < 1.29 is 50.3 Å². The molecule has 6 atom stereocenters. The molecule has 1 saturated heterocycles. The van der Waals surface area contributed by atoms with Gasteiger partial charge in [-0.2, -0.15) is 0 Å². The molecule has 6 aromatic carbocycles. The Bertz CT molecular complexity index is 2230. The third kappa shape index (κ3) is 5.88. The highest BCUT2D eigenvalue weighted by Gasteiger charge is 2.51. The summed E-state index contributed by atoms with van der Waals surface area (Å²) in [7, 11) is 0. The van der Waals surface area contributed by atoms with E-state index in [2.05, 4.69) is 0 Å². The Balaban J connectivity index is 1.41. The molecule has 0 aliphatic carbocycles. The molecule has 0 bridgehead atoms. The lowest BCUT2D eigenvalue weighted by atomic mass is 9.71. The van der Waals surface area contributed by atoms with Gasteiger partial charge in [-0.05, 0) is 100 Å². The average molecular weight is 699 g/mol. The third-order valence-corrected chi connectivity index (χ3v) is 9.98. The minimum Gasteiger partial charge on any atom is -0.508 e. The summed E-state index contributed by atoms with van der Waals surface area (Å²) in [6.07, 6.45) is -2.20. The van der Waals surface area contributed by atoms with Gasteiger partial charge >= 0.3 is 0 Å². The lowest BCUT2D eigenvalue weighted by molar-refractivity contribution is 0.0366. The molecule has 10 nitrogen and oxygen atoms in total. The fourth-order valence-corrected chi connectivity index (χ4v) is 7.91. The highest BCUT2D eigenvalue weighted by Crippen LogP contribution is 2.63. The van der Waals surface area contributed by atoms with Gasteiger partial charge in [0.15, 0.2) is 0 Å². The summed E-state index contributed by atoms with van der Waals surface area (Å²) in [6, 6.07) is 31.5. The molecule has 0 amide bonds. The number of fused-ring (bicyclic) bond motifs is 1. The smallest absolute Gasteiger partial charge is 0.135 e. The summed E-state index contributed by atoms with van der Waals surface area (Å²) in [5.41, 5.74) is 4.34. The SMILES string of the molecule is Oc1ccc([C@H]2O[C@H](c3ccc(O)cc3)[C@@H](c3cc(O)cc(O)c3)[C@H]2c2cc(O)cc3c2[C@@H](c2cc(O)cc(O)c2)[C@H](c2ccc(O)cc2)O3)cc1. The molecule has 8 N–H and O–H groups in total. The molecule has 2 aliphatic rings. The Morgan fingerprint density at radius 3 is 1.23 bits per heavy atom. The van der Waals surface area contributed by atoms with E-state index in [4.69, 9.17) is 9.47 Å². The number of ether oxygens (including phenoxy) is 2. The van der Waals surface area contributed by atoms with Gasteiger partial charge in [0.25, 0.3) is 0 Å². The first-order valence-electron chi connectivity index (χ1n) is 16.6. The number of phenolic OH excluding ortho intramolecular Hbond substituents is 8. The maximum Gasteiger partial charge on any atom is 0.135 e. The van der Waals surface area contributed by atoms with Crippen molar-refractivity contribution >= 4 is 0 Å². The van der Waals surface area contributed by atoms with E-state index in [1.165, 1.54) is 30.3 Å². The number of hydrogen-bond acceptors (Lipinski definition) is 10. The van der Waals surface area contributed by atoms with Gasteiger partial charge in [0.2, 0.25) is 0 Å². The Hall–Kier alpha value is -6.52. The van der Waals surface area contributed by atoms with E-state index in [1.807, 2.05) is 0 Å². The van der Waals surface area contributed by atoms with E-state index in [0.29, 0.717) is 44.7 Å². The Morgan fingerprint density at radius 2 is 0.750 bits per heavy atom. The topological polar surface area (TPSA) is 180 Å². The highest BCUT2D eigenvalue weighted by molar-refractivity contribution is 5.60. The highest BCUT2D eigenvalue weighted by atomic mass is 16.5. The summed E-state index contributed by atoms with van der Waals surface area (Å²) in [5.74, 6) is -2.24. The Kier molecular flexibility index (Phi) is 7.96. The Morgan fingerprint density at radius 1 is 0.346 bits per heavy atom. The van der Waals surface area contributed by atoms with Crippen molar-refractivity contribution in [2.75, 3.05) is 0 Å². The van der Waals surface area contributed by atoms with Crippen molar-refractivity contribution in [2.45, 2.75) is 36.1 Å². The van der Waals surface area contributed by atoms with Gasteiger partial charge in [0, 0.05) is 35.6 Å². The van der Waals surface area contributed by atoms with Gasteiger partial charge in [-0.15, -0.1) is 0 Å². The molecular formula is C42H34O10. The molecule has 2 aliphatic heterocycles. The van der Waals surface area contributed by atoms with Crippen molar-refractivity contribution in [3.8, 4) is 51.7 Å². The maximum absolute atomic E-state index is 11.4. The van der Waals surface area contributed by atoms with Crippen LogP contribution in [0.4, 0.5) is 0 Å². The predicted molar refractivity (Wildman–Crippen MR) is 189 cm³/mol. The summed E-state index contributed by atoms with van der Waals surface area (Å²) in [5, 5.41) is 84.7. The van der Waals surface area contributed by atoms with Crippen molar-refractivity contribution in [1.29, 1.82) is 0 Å². The van der Waals surface area contributed by atoms with E-state index in [1.54, 1.807) is 91.0 Å². The predicted octanol–water partition coefficient (Wildman–Crippen LogP) is 7.98. The van der Waals surface area contributed by atoms with E-state index in [-0.39, 0.29) is 46.0 Å². The van der Waals surface area contributed by atoms with Crippen molar-refractivity contribution in [3.05, 3.63) is 160 Å². The zero-order chi connectivity index (χ0) is 36.3. The van der Waals surface area contributed by atoms with Crippen LogP contribution in [0, 0.1) is 0 Å². The molecule has 0 unspecified atom stereocenters. The third-order valence-electron chi connectivity index (χ3n) is 9.98. The summed E-state index contributed by atoms with van der Waals surface area (Å²) in [4.78, 5) is 0. The van der Waals surface area contributed by atoms with Gasteiger partial charge in [-0.1, -0.05) is 36.4 Å². The molecule has 262 valence electrons. The van der Waals surface area contributed by atoms with Crippen LogP contribution >= 0.6 is 0 Å². The normalized spacial score (nSPS) is 22.2. The van der Waals surface area contributed by atoms with Crippen LogP contribution in [0.25, 0.3) is 0 Å². The second kappa shape index (κ2) is 12.7. The molecule has 0 saturated carbocycles. The zero-order valence-corrected chi connectivity index (χ0v) is 27.4. The number of phenols is 8. The van der Waals surface area contributed by atoms with E-state index < -0.39 is 36.1 Å². The van der Waals surface area contributed by atoms with Crippen LogP contribution in [-0.2, 0) is 4.74 Å². The summed E-state index contributed by atoms with van der Waals surface area (Å²) < 4.78 is 13.6. The summed E-state index contributed by atoms with van der Waals surface area (Å²) >= 11 is 0. The molecule has 52 heavy (non-hydrogen) atoms. The molecular weight excluding hydrogens is 664 g/mol. The van der Waals surface area contributed by atoms with Crippen molar-refractivity contribution in [2.24, 2.45) is 0 Å². The second-order valence-corrected chi connectivity index (χ2v) is 13.3. The van der Waals surface area contributed by atoms with Crippen LogP contribution < -0.4 is 4.74 Å². The summed E-state index contributed by atoms with van der Waals surface area (Å²) in [6.45, 7) is 0. The van der Waals surface area contributed by atoms with E-state index in [9.17, 15) is 40.9 Å². The van der Waals surface area contributed by atoms with Crippen LogP contribution in [-0.4, -0.2) is 40.9 Å². The van der Waals surface area contributed by atoms with Crippen molar-refractivity contribution in [3.63, 3.8) is 0 Å². The van der Waals surface area contributed by atoms with Gasteiger partial charge in [0.1, 0.15) is 57.8 Å². The minimum absolute atomic E-state index is 0.0509. The largest absolute Gasteiger partial charge is 0.508 e. The molecule has 10 heteroatoms. The van der Waals surface area contributed by atoms with Crippen LogP contribution in [0.1, 0.15) is 75.0 Å². The van der Waals surface area contributed by atoms with Gasteiger partial charge in [-0.3, -0.25) is 0 Å². The molecule has 0 radical (unpaired) electrons. The standard InChI is InChI=1S/C42H34O10/c43-26-7-1-21(2-8-26)40-36(24-13-29(46)17-30(47)14-24)38-34(19-33(50)20-35(38)51-40)39-37(25-15-31(48)18-32(49)16-25)41(22-3-9-27(44)10-4-22)52-42(39)23-5-11-28(45)12-6-23/h1-20,36-37,39-50H/t36-,37+,39-,40+,41-,42-/m1/s1. The second-order valence-electron chi connectivity index (χ2n) is 13.3. The molecule has 0 spiro atoms. The lowest BCUT2D eigenvalue weighted by Gasteiger charge is -2.29. The number of benzene rings is 6. The van der Waals surface area contributed by atoms with Crippen molar-refractivity contribution in [1.82, 2.24) is 0 Å². The first-order valence-corrected chi connectivity index (χ1v) is 16.6. The van der Waals surface area contributed by atoms with Gasteiger partial charge in [0.05, 0.1) is 18.1 Å². The first-order chi connectivity index (χ1) is 25.0. The quantitative estimate of drug-likeness (QED) is 0.0850. The van der Waals surface area contributed by atoms with Crippen LogP contribution in [0.5, 0.6) is 51.7 Å².